The molecule has 122 valence electrons. The molecule has 2 N–H and O–H groups in total. The van der Waals surface area contributed by atoms with E-state index >= 15 is 0 Å². The van der Waals surface area contributed by atoms with Crippen molar-refractivity contribution < 1.29 is 14.3 Å². The predicted molar refractivity (Wildman–Crippen MR) is 90.2 cm³/mol. The summed E-state index contributed by atoms with van der Waals surface area (Å²) in [6, 6.07) is 11.4. The van der Waals surface area contributed by atoms with Crippen LogP contribution in [-0.2, 0) is 16.6 Å². The fourth-order valence-electron chi connectivity index (χ4n) is 2.27. The van der Waals surface area contributed by atoms with E-state index in [0.717, 1.165) is 11.1 Å². The maximum atomic E-state index is 13.1. The lowest BCUT2D eigenvalue weighted by molar-refractivity contribution is -0.116. The number of aromatic hydroxyl groups is 1. The van der Waals surface area contributed by atoms with Gasteiger partial charge in [0.25, 0.3) is 0 Å². The number of phenolic OH excluding ortho intramolecular Hbond substituents is 1. The Morgan fingerprint density at radius 3 is 2.57 bits per heavy atom. The topological polar surface area (TPSA) is 49.3 Å². The number of rotatable bonds is 4. The van der Waals surface area contributed by atoms with Gasteiger partial charge in [0, 0.05) is 6.42 Å². The smallest absolute Gasteiger partial charge is 0.224 e. The van der Waals surface area contributed by atoms with Crippen molar-refractivity contribution in [1.82, 2.24) is 0 Å². The van der Waals surface area contributed by atoms with E-state index in [9.17, 15) is 14.3 Å². The number of aryl methyl sites for hydroxylation is 1. The van der Waals surface area contributed by atoms with Crippen LogP contribution in [0.15, 0.2) is 42.5 Å². The molecule has 1 amide bonds. The van der Waals surface area contributed by atoms with Gasteiger partial charge in [-0.15, -0.1) is 0 Å². The standard InChI is InChI=1S/C19H22FNO2/c1-19(2,3)14-8-9-17(22)16(12-14)21-18(23)10-7-13-5-4-6-15(20)11-13/h4-6,8-9,11-12,22H,7,10H2,1-3H3,(H,21,23). The van der Waals surface area contributed by atoms with E-state index in [0.29, 0.717) is 12.1 Å². The van der Waals surface area contributed by atoms with E-state index in [1.54, 1.807) is 24.3 Å². The lowest BCUT2D eigenvalue weighted by Gasteiger charge is -2.20. The second-order valence-electron chi connectivity index (χ2n) is 6.66. The summed E-state index contributed by atoms with van der Waals surface area (Å²) in [5.74, 6) is -0.480. The van der Waals surface area contributed by atoms with Crippen LogP contribution in [0.4, 0.5) is 10.1 Å². The summed E-state index contributed by atoms with van der Waals surface area (Å²) in [6.07, 6.45) is 0.673. The van der Waals surface area contributed by atoms with Crippen molar-refractivity contribution in [1.29, 1.82) is 0 Å². The highest BCUT2D eigenvalue weighted by Gasteiger charge is 2.16. The highest BCUT2D eigenvalue weighted by Crippen LogP contribution is 2.30. The van der Waals surface area contributed by atoms with Crippen molar-refractivity contribution in [2.75, 3.05) is 5.32 Å². The molecule has 0 spiro atoms. The molecular weight excluding hydrogens is 293 g/mol. The molecule has 3 nitrogen and oxygen atoms in total. The molecule has 2 aromatic rings. The van der Waals surface area contributed by atoms with Crippen molar-refractivity contribution in [3.63, 3.8) is 0 Å². The molecule has 2 aromatic carbocycles. The molecule has 0 bridgehead atoms. The van der Waals surface area contributed by atoms with Crippen LogP contribution in [0, 0.1) is 5.82 Å². The van der Waals surface area contributed by atoms with Gasteiger partial charge in [0.05, 0.1) is 5.69 Å². The molecule has 0 saturated carbocycles. The normalized spacial score (nSPS) is 11.3. The summed E-state index contributed by atoms with van der Waals surface area (Å²) in [5, 5.41) is 12.6. The molecule has 0 aromatic heterocycles. The SMILES string of the molecule is CC(C)(C)c1ccc(O)c(NC(=O)CCc2cccc(F)c2)c1. The van der Waals surface area contributed by atoms with E-state index in [1.165, 1.54) is 12.1 Å². The first-order chi connectivity index (χ1) is 10.8. The van der Waals surface area contributed by atoms with Gasteiger partial charge in [0.15, 0.2) is 0 Å². The van der Waals surface area contributed by atoms with Gasteiger partial charge in [0.1, 0.15) is 11.6 Å². The Morgan fingerprint density at radius 1 is 1.17 bits per heavy atom. The first-order valence-corrected chi connectivity index (χ1v) is 7.63. The van der Waals surface area contributed by atoms with Crippen LogP contribution in [0.5, 0.6) is 5.75 Å². The number of hydrogen-bond acceptors (Lipinski definition) is 2. The average Bonchev–Trinajstić information content (AvgIpc) is 2.46. The number of carbonyl (C=O) groups excluding carboxylic acids is 1. The van der Waals surface area contributed by atoms with Crippen LogP contribution >= 0.6 is 0 Å². The number of carbonyl (C=O) groups is 1. The fourth-order valence-corrected chi connectivity index (χ4v) is 2.27. The predicted octanol–water partition coefficient (Wildman–Crippen LogP) is 4.40. The van der Waals surface area contributed by atoms with E-state index < -0.39 is 0 Å². The van der Waals surface area contributed by atoms with Gasteiger partial charge >= 0.3 is 0 Å². The zero-order chi connectivity index (χ0) is 17.0. The number of hydrogen-bond donors (Lipinski definition) is 2. The van der Waals surface area contributed by atoms with Gasteiger partial charge in [-0.1, -0.05) is 39.0 Å². The zero-order valence-corrected chi connectivity index (χ0v) is 13.7. The molecular formula is C19H22FNO2. The molecule has 4 heteroatoms. The first kappa shape index (κ1) is 17.0. The molecule has 0 unspecified atom stereocenters. The lowest BCUT2D eigenvalue weighted by Crippen LogP contribution is -2.15. The average molecular weight is 315 g/mol. The largest absolute Gasteiger partial charge is 0.506 e. The molecule has 23 heavy (non-hydrogen) atoms. The molecule has 0 atom stereocenters. The fraction of sp³-hybridized carbons (Fsp3) is 0.316. The minimum Gasteiger partial charge on any atom is -0.506 e. The molecule has 0 heterocycles. The summed E-state index contributed by atoms with van der Waals surface area (Å²) < 4.78 is 13.1. The van der Waals surface area contributed by atoms with Crippen LogP contribution in [0.2, 0.25) is 0 Å². The number of halogens is 1. The van der Waals surface area contributed by atoms with Crippen molar-refractivity contribution in [2.45, 2.75) is 39.0 Å². The summed E-state index contributed by atoms with van der Waals surface area (Å²) in [6.45, 7) is 6.19. The van der Waals surface area contributed by atoms with Crippen LogP contribution in [0.3, 0.4) is 0 Å². The Labute approximate surface area is 136 Å². The quantitative estimate of drug-likeness (QED) is 0.822. The monoisotopic (exact) mass is 315 g/mol. The molecule has 0 aliphatic heterocycles. The number of nitrogens with one attached hydrogen (secondary N) is 1. The summed E-state index contributed by atoms with van der Waals surface area (Å²) in [5.41, 5.74) is 2.12. The molecule has 0 fully saturated rings. The molecule has 0 aliphatic rings. The number of amides is 1. The minimum absolute atomic E-state index is 0.0390. The van der Waals surface area contributed by atoms with Crippen LogP contribution in [0.1, 0.15) is 38.3 Å². The third kappa shape index (κ3) is 4.81. The van der Waals surface area contributed by atoms with E-state index in [4.69, 9.17) is 0 Å². The van der Waals surface area contributed by atoms with Gasteiger partial charge in [-0.3, -0.25) is 4.79 Å². The van der Waals surface area contributed by atoms with Gasteiger partial charge in [0.2, 0.25) is 5.91 Å². The van der Waals surface area contributed by atoms with E-state index in [1.807, 2.05) is 6.07 Å². The Balaban J connectivity index is 2.02. The number of benzene rings is 2. The first-order valence-electron chi connectivity index (χ1n) is 7.63. The van der Waals surface area contributed by atoms with Crippen LogP contribution < -0.4 is 5.32 Å². The lowest BCUT2D eigenvalue weighted by atomic mass is 9.87. The summed E-state index contributed by atoms with van der Waals surface area (Å²) in [7, 11) is 0. The minimum atomic E-state index is -0.307. The summed E-state index contributed by atoms with van der Waals surface area (Å²) in [4.78, 5) is 12.1. The molecule has 0 aliphatic carbocycles. The maximum Gasteiger partial charge on any atom is 0.224 e. The third-order valence-corrected chi connectivity index (χ3v) is 3.67. The molecule has 2 rings (SSSR count). The van der Waals surface area contributed by atoms with Crippen molar-refractivity contribution in [2.24, 2.45) is 0 Å². The van der Waals surface area contributed by atoms with Crippen LogP contribution in [0.25, 0.3) is 0 Å². The number of phenols is 1. The Morgan fingerprint density at radius 2 is 1.91 bits per heavy atom. The summed E-state index contributed by atoms with van der Waals surface area (Å²) >= 11 is 0. The van der Waals surface area contributed by atoms with Crippen molar-refractivity contribution >= 4 is 11.6 Å². The van der Waals surface area contributed by atoms with E-state index in [-0.39, 0.29) is 29.3 Å². The Kier molecular flexibility index (Phi) is 5.04. The molecule has 0 saturated heterocycles. The number of anilines is 1. The Hall–Kier alpha value is -2.36. The van der Waals surface area contributed by atoms with Crippen molar-refractivity contribution in [3.8, 4) is 5.75 Å². The van der Waals surface area contributed by atoms with Gasteiger partial charge < -0.3 is 10.4 Å². The zero-order valence-electron chi connectivity index (χ0n) is 13.7. The van der Waals surface area contributed by atoms with Gasteiger partial charge in [-0.05, 0) is 47.2 Å². The Bertz CT molecular complexity index is 705. The third-order valence-electron chi connectivity index (χ3n) is 3.67. The van der Waals surface area contributed by atoms with Gasteiger partial charge in [-0.25, -0.2) is 4.39 Å². The van der Waals surface area contributed by atoms with Crippen LogP contribution in [-0.4, -0.2) is 11.0 Å². The maximum absolute atomic E-state index is 13.1. The van der Waals surface area contributed by atoms with Crippen molar-refractivity contribution in [3.05, 3.63) is 59.4 Å². The highest BCUT2D eigenvalue weighted by atomic mass is 19.1. The van der Waals surface area contributed by atoms with E-state index in [2.05, 4.69) is 26.1 Å². The van der Waals surface area contributed by atoms with Gasteiger partial charge in [-0.2, -0.15) is 0 Å². The second-order valence-corrected chi connectivity index (χ2v) is 6.66. The highest BCUT2D eigenvalue weighted by molar-refractivity contribution is 5.92. The second kappa shape index (κ2) is 6.82. The molecule has 0 radical (unpaired) electrons.